The summed E-state index contributed by atoms with van der Waals surface area (Å²) < 4.78 is 7.46. The molecule has 1 aliphatic rings. The fraction of sp³-hybridized carbons (Fsp3) is 0.357. The van der Waals surface area contributed by atoms with Crippen LogP contribution in [0.15, 0.2) is 18.2 Å². The molecule has 0 aliphatic heterocycles. The van der Waals surface area contributed by atoms with Crippen LogP contribution in [0.1, 0.15) is 17.7 Å². The summed E-state index contributed by atoms with van der Waals surface area (Å²) >= 11 is 0. The van der Waals surface area contributed by atoms with Gasteiger partial charge in [0.15, 0.2) is 0 Å². The Kier molecular flexibility index (Phi) is 2.21. The predicted molar refractivity (Wildman–Crippen MR) is 66.5 cm³/mol. The van der Waals surface area contributed by atoms with E-state index in [2.05, 4.69) is 17.7 Å². The molecular formula is C14H15NO2. The molecule has 3 rings (SSSR count). The van der Waals surface area contributed by atoms with Crippen molar-refractivity contribution < 1.29 is 9.53 Å². The van der Waals surface area contributed by atoms with Crippen molar-refractivity contribution in [2.45, 2.75) is 19.3 Å². The van der Waals surface area contributed by atoms with E-state index >= 15 is 0 Å². The van der Waals surface area contributed by atoms with Crippen LogP contribution in [-0.4, -0.2) is 17.5 Å². The third kappa shape index (κ3) is 1.46. The molecule has 0 fully saturated rings. The third-order valence-electron chi connectivity index (χ3n) is 3.66. The number of hydrogen-bond donors (Lipinski definition) is 0. The quantitative estimate of drug-likeness (QED) is 0.751. The summed E-state index contributed by atoms with van der Waals surface area (Å²) in [5.74, 6) is 1.19. The summed E-state index contributed by atoms with van der Waals surface area (Å²) in [5, 5.41) is 1.16. The van der Waals surface area contributed by atoms with Crippen LogP contribution in [-0.2, 0) is 24.7 Å². The molecule has 0 saturated carbocycles. The van der Waals surface area contributed by atoms with Crippen LogP contribution in [0.5, 0.6) is 5.75 Å². The van der Waals surface area contributed by atoms with E-state index in [9.17, 15) is 4.79 Å². The molecule has 2 aromatic rings. The van der Waals surface area contributed by atoms with Gasteiger partial charge in [0.1, 0.15) is 11.5 Å². The van der Waals surface area contributed by atoms with Gasteiger partial charge in [0, 0.05) is 36.5 Å². The second kappa shape index (κ2) is 3.62. The number of aromatic nitrogens is 1. The van der Waals surface area contributed by atoms with E-state index in [-0.39, 0.29) is 0 Å². The van der Waals surface area contributed by atoms with Crippen molar-refractivity contribution in [1.29, 1.82) is 0 Å². The van der Waals surface area contributed by atoms with Gasteiger partial charge in [-0.2, -0.15) is 0 Å². The summed E-state index contributed by atoms with van der Waals surface area (Å²) in [5.41, 5.74) is 3.68. The van der Waals surface area contributed by atoms with Gasteiger partial charge < -0.3 is 9.30 Å². The molecule has 0 unspecified atom stereocenters. The summed E-state index contributed by atoms with van der Waals surface area (Å²) in [6, 6.07) is 6.07. The monoisotopic (exact) mass is 229 g/mol. The van der Waals surface area contributed by atoms with E-state index in [4.69, 9.17) is 4.74 Å². The Morgan fingerprint density at radius 3 is 2.88 bits per heavy atom. The first-order chi connectivity index (χ1) is 8.20. The average molecular weight is 229 g/mol. The van der Waals surface area contributed by atoms with E-state index in [1.165, 1.54) is 16.8 Å². The van der Waals surface area contributed by atoms with Gasteiger partial charge in [-0.1, -0.05) is 0 Å². The molecule has 1 aliphatic carbocycles. The van der Waals surface area contributed by atoms with Gasteiger partial charge in [0.25, 0.3) is 0 Å². The van der Waals surface area contributed by atoms with E-state index in [0.29, 0.717) is 18.6 Å². The van der Waals surface area contributed by atoms with Crippen molar-refractivity contribution in [2.75, 3.05) is 7.11 Å². The highest BCUT2D eigenvalue weighted by molar-refractivity contribution is 5.94. The predicted octanol–water partition coefficient (Wildman–Crippen LogP) is 2.24. The highest BCUT2D eigenvalue weighted by Crippen LogP contribution is 2.32. The number of carbonyl (C=O) groups is 1. The lowest BCUT2D eigenvalue weighted by Crippen LogP contribution is -2.14. The molecule has 0 saturated heterocycles. The van der Waals surface area contributed by atoms with E-state index in [1.54, 1.807) is 7.11 Å². The Balaban J connectivity index is 2.31. The van der Waals surface area contributed by atoms with Crippen LogP contribution in [0.2, 0.25) is 0 Å². The molecule has 0 amide bonds. The van der Waals surface area contributed by atoms with Crippen molar-refractivity contribution in [3.63, 3.8) is 0 Å². The summed E-state index contributed by atoms with van der Waals surface area (Å²) in [7, 11) is 3.74. The second-order valence-corrected chi connectivity index (χ2v) is 4.58. The number of nitrogens with zero attached hydrogens (tertiary/aromatic N) is 1. The molecule has 0 atom stereocenters. The zero-order valence-corrected chi connectivity index (χ0v) is 10.1. The van der Waals surface area contributed by atoms with Crippen LogP contribution in [0.3, 0.4) is 0 Å². The Morgan fingerprint density at radius 2 is 2.12 bits per heavy atom. The largest absolute Gasteiger partial charge is 0.497 e. The maximum Gasteiger partial charge on any atom is 0.137 e. The van der Waals surface area contributed by atoms with Crippen molar-refractivity contribution in [3.8, 4) is 5.75 Å². The van der Waals surface area contributed by atoms with Gasteiger partial charge in [-0.3, -0.25) is 4.79 Å². The summed E-state index contributed by atoms with van der Waals surface area (Å²) in [6.07, 6.45) is 2.11. The Morgan fingerprint density at radius 1 is 1.29 bits per heavy atom. The fourth-order valence-corrected chi connectivity index (χ4v) is 2.74. The smallest absolute Gasteiger partial charge is 0.137 e. The Hall–Kier alpha value is -1.77. The number of rotatable bonds is 1. The lowest BCUT2D eigenvalue weighted by Gasteiger charge is -2.12. The summed E-state index contributed by atoms with van der Waals surface area (Å²) in [6.45, 7) is 0. The molecule has 88 valence electrons. The van der Waals surface area contributed by atoms with Crippen LogP contribution < -0.4 is 4.74 Å². The number of hydrogen-bond acceptors (Lipinski definition) is 2. The summed E-state index contributed by atoms with van der Waals surface area (Å²) in [4.78, 5) is 11.6. The van der Waals surface area contributed by atoms with E-state index in [0.717, 1.165) is 17.6 Å². The van der Waals surface area contributed by atoms with Gasteiger partial charge in [0.05, 0.1) is 7.11 Å². The molecular weight excluding hydrogens is 214 g/mol. The number of Topliss-reactive ketones (excluding diaryl/α,β-unsaturated/α-hetero) is 1. The highest BCUT2D eigenvalue weighted by Gasteiger charge is 2.22. The van der Waals surface area contributed by atoms with Crippen LogP contribution >= 0.6 is 0 Å². The van der Waals surface area contributed by atoms with Gasteiger partial charge in [0.2, 0.25) is 0 Å². The minimum absolute atomic E-state index is 0.341. The molecule has 3 heteroatoms. The van der Waals surface area contributed by atoms with Gasteiger partial charge in [-0.05, 0) is 30.2 Å². The molecule has 0 bridgehead atoms. The molecule has 0 N–H and O–H groups in total. The molecule has 1 aromatic carbocycles. The highest BCUT2D eigenvalue weighted by atomic mass is 16.5. The van der Waals surface area contributed by atoms with Gasteiger partial charge in [-0.25, -0.2) is 0 Å². The fourth-order valence-electron chi connectivity index (χ4n) is 2.74. The number of methoxy groups -OCH3 is 1. The molecule has 1 aromatic heterocycles. The number of ketones is 1. The van der Waals surface area contributed by atoms with Crippen molar-refractivity contribution in [2.24, 2.45) is 7.05 Å². The third-order valence-corrected chi connectivity index (χ3v) is 3.66. The number of ether oxygens (including phenoxy) is 1. The Bertz CT molecular complexity index is 610. The maximum atomic E-state index is 11.6. The van der Waals surface area contributed by atoms with Crippen LogP contribution in [0, 0.1) is 0 Å². The zero-order valence-electron chi connectivity index (χ0n) is 10.1. The van der Waals surface area contributed by atoms with Gasteiger partial charge in [-0.15, -0.1) is 0 Å². The van der Waals surface area contributed by atoms with Gasteiger partial charge >= 0.3 is 0 Å². The normalized spacial score (nSPS) is 15.1. The first-order valence-electron chi connectivity index (χ1n) is 5.86. The number of fused-ring (bicyclic) bond motifs is 3. The zero-order chi connectivity index (χ0) is 12.0. The van der Waals surface area contributed by atoms with E-state index < -0.39 is 0 Å². The molecule has 0 spiro atoms. The minimum atomic E-state index is 0.341. The van der Waals surface area contributed by atoms with Crippen molar-refractivity contribution in [3.05, 3.63) is 29.5 Å². The lowest BCUT2D eigenvalue weighted by molar-refractivity contribution is -0.118. The first-order valence-corrected chi connectivity index (χ1v) is 5.86. The standard InChI is InChI=1S/C14H15NO2/c1-15-13-5-3-9(16)7-11(13)12-8-10(17-2)4-6-14(12)15/h4,6,8H,3,5,7H2,1-2H3. The lowest BCUT2D eigenvalue weighted by atomic mass is 9.94. The van der Waals surface area contributed by atoms with E-state index in [1.807, 2.05) is 12.1 Å². The minimum Gasteiger partial charge on any atom is -0.497 e. The topological polar surface area (TPSA) is 31.2 Å². The Labute approximate surface area is 100.0 Å². The van der Waals surface area contributed by atoms with Crippen molar-refractivity contribution >= 4 is 16.7 Å². The molecule has 1 heterocycles. The molecule has 17 heavy (non-hydrogen) atoms. The second-order valence-electron chi connectivity index (χ2n) is 4.58. The van der Waals surface area contributed by atoms with Crippen LogP contribution in [0.25, 0.3) is 10.9 Å². The average Bonchev–Trinajstić information content (AvgIpc) is 2.62. The molecule has 3 nitrogen and oxygen atoms in total. The first kappa shape index (κ1) is 10.4. The number of benzene rings is 1. The molecule has 0 radical (unpaired) electrons. The maximum absolute atomic E-state index is 11.6. The van der Waals surface area contributed by atoms with Crippen LogP contribution in [0.4, 0.5) is 0 Å². The number of aryl methyl sites for hydroxylation is 1. The van der Waals surface area contributed by atoms with Crippen molar-refractivity contribution in [1.82, 2.24) is 4.57 Å². The number of carbonyl (C=O) groups excluding carboxylic acids is 1. The SMILES string of the molecule is COc1ccc2c(c1)c1c(n2C)CCC(=O)C1.